The van der Waals surface area contributed by atoms with E-state index in [1.165, 1.54) is 12.1 Å². The molecule has 3 rings (SSSR count). The first-order valence-corrected chi connectivity index (χ1v) is 8.24. The second-order valence-corrected chi connectivity index (χ2v) is 6.34. The van der Waals surface area contributed by atoms with Crippen molar-refractivity contribution in [2.45, 2.75) is 18.8 Å². The van der Waals surface area contributed by atoms with E-state index in [1.807, 2.05) is 12.1 Å². The zero-order valence-electron chi connectivity index (χ0n) is 11.2. The average Bonchev–Trinajstić information content (AvgIpc) is 2.83. The van der Waals surface area contributed by atoms with Crippen molar-refractivity contribution in [2.75, 3.05) is 0 Å². The molecule has 0 aliphatic rings. The van der Waals surface area contributed by atoms with Gasteiger partial charge in [-0.05, 0) is 64.9 Å². The lowest BCUT2D eigenvalue weighted by Gasteiger charge is -2.08. The van der Waals surface area contributed by atoms with Gasteiger partial charge in [-0.2, -0.15) is 0 Å². The number of benzene rings is 2. The maximum Gasteiger partial charge on any atom is 0.124 e. The summed E-state index contributed by atoms with van der Waals surface area (Å²) < 4.78 is 16.2. The molecule has 0 aliphatic heterocycles. The number of fused-ring (bicyclic) bond motifs is 1. The van der Waals surface area contributed by atoms with Crippen LogP contribution in [0.4, 0.5) is 4.39 Å². The Labute approximate surface area is 141 Å². The number of imidazole rings is 1. The summed E-state index contributed by atoms with van der Waals surface area (Å²) in [6.07, 6.45) is 0.821. The van der Waals surface area contributed by atoms with Gasteiger partial charge in [-0.25, -0.2) is 9.37 Å². The zero-order chi connectivity index (χ0) is 14.8. The van der Waals surface area contributed by atoms with Gasteiger partial charge in [-0.1, -0.05) is 12.1 Å². The van der Waals surface area contributed by atoms with Gasteiger partial charge in [0, 0.05) is 10.1 Å². The first-order valence-electron chi connectivity index (χ1n) is 6.62. The molecule has 2 nitrogen and oxygen atoms in total. The van der Waals surface area contributed by atoms with Crippen molar-refractivity contribution in [1.29, 1.82) is 0 Å². The molecule has 5 heteroatoms. The molecule has 1 heterocycles. The highest BCUT2D eigenvalue weighted by Gasteiger charge is 2.10. The highest BCUT2D eigenvalue weighted by molar-refractivity contribution is 14.1. The van der Waals surface area contributed by atoms with Gasteiger partial charge in [0.2, 0.25) is 0 Å². The molecular formula is C16H13ClFIN2. The predicted molar refractivity (Wildman–Crippen MR) is 92.1 cm³/mol. The van der Waals surface area contributed by atoms with E-state index in [0.29, 0.717) is 5.88 Å². The van der Waals surface area contributed by atoms with E-state index < -0.39 is 0 Å². The Morgan fingerprint density at radius 2 is 1.90 bits per heavy atom. The zero-order valence-corrected chi connectivity index (χ0v) is 14.1. The van der Waals surface area contributed by atoms with Gasteiger partial charge in [-0.15, -0.1) is 11.6 Å². The molecular weight excluding hydrogens is 402 g/mol. The Kier molecular flexibility index (Phi) is 4.45. The van der Waals surface area contributed by atoms with Crippen molar-refractivity contribution in [3.63, 3.8) is 0 Å². The van der Waals surface area contributed by atoms with E-state index >= 15 is 0 Å². The Bertz CT molecular complexity index is 768. The van der Waals surface area contributed by atoms with Crippen LogP contribution in [-0.4, -0.2) is 9.55 Å². The van der Waals surface area contributed by atoms with Gasteiger partial charge >= 0.3 is 0 Å². The van der Waals surface area contributed by atoms with Crippen LogP contribution in [0, 0.1) is 9.39 Å². The minimum absolute atomic E-state index is 0.206. The number of halogens is 3. The largest absolute Gasteiger partial charge is 0.327 e. The van der Waals surface area contributed by atoms with Crippen LogP contribution in [0.25, 0.3) is 11.0 Å². The summed E-state index contributed by atoms with van der Waals surface area (Å²) >= 11 is 8.29. The summed E-state index contributed by atoms with van der Waals surface area (Å²) in [6.45, 7) is 0.783. The Morgan fingerprint density at radius 1 is 1.14 bits per heavy atom. The van der Waals surface area contributed by atoms with Gasteiger partial charge in [0.15, 0.2) is 0 Å². The van der Waals surface area contributed by atoms with Crippen LogP contribution in [0.5, 0.6) is 0 Å². The SMILES string of the molecule is Fc1ccc(CCn2c(CCl)nc3cc(I)ccc32)cc1. The second-order valence-electron chi connectivity index (χ2n) is 4.82. The van der Waals surface area contributed by atoms with Crippen LogP contribution in [0.1, 0.15) is 11.4 Å². The summed E-state index contributed by atoms with van der Waals surface area (Å²) in [5.41, 5.74) is 3.16. The van der Waals surface area contributed by atoms with Gasteiger partial charge < -0.3 is 4.57 Å². The first kappa shape index (κ1) is 14.8. The Hall–Kier alpha value is -1.14. The van der Waals surface area contributed by atoms with E-state index in [2.05, 4.69) is 50.3 Å². The van der Waals surface area contributed by atoms with E-state index in [1.54, 1.807) is 0 Å². The molecule has 0 saturated heterocycles. The monoisotopic (exact) mass is 414 g/mol. The van der Waals surface area contributed by atoms with Gasteiger partial charge in [0.1, 0.15) is 11.6 Å². The molecule has 0 saturated carbocycles. The fourth-order valence-electron chi connectivity index (χ4n) is 2.40. The molecule has 0 aliphatic carbocycles. The number of rotatable bonds is 4. The smallest absolute Gasteiger partial charge is 0.124 e. The fraction of sp³-hybridized carbons (Fsp3) is 0.188. The van der Waals surface area contributed by atoms with E-state index in [0.717, 1.165) is 39.0 Å². The third-order valence-corrected chi connectivity index (χ3v) is 4.36. The molecule has 0 radical (unpaired) electrons. The molecule has 2 aromatic carbocycles. The Balaban J connectivity index is 1.90. The standard InChI is InChI=1S/C16H13ClFIN2/c17-10-16-20-14-9-13(19)5-6-15(14)21(16)8-7-11-1-3-12(18)4-2-11/h1-6,9H,7-8,10H2. The molecule has 0 atom stereocenters. The molecule has 0 fully saturated rings. The summed E-state index contributed by atoms with van der Waals surface area (Å²) in [5, 5.41) is 0. The minimum Gasteiger partial charge on any atom is -0.327 e. The van der Waals surface area contributed by atoms with Crippen LogP contribution < -0.4 is 0 Å². The quantitative estimate of drug-likeness (QED) is 0.444. The maximum atomic E-state index is 12.9. The summed E-state index contributed by atoms with van der Waals surface area (Å²) in [5.74, 6) is 1.05. The number of hydrogen-bond donors (Lipinski definition) is 0. The maximum absolute atomic E-state index is 12.9. The van der Waals surface area contributed by atoms with Crippen LogP contribution in [-0.2, 0) is 18.8 Å². The first-order chi connectivity index (χ1) is 10.2. The highest BCUT2D eigenvalue weighted by atomic mass is 127. The van der Waals surface area contributed by atoms with E-state index in [-0.39, 0.29) is 5.82 Å². The molecule has 1 aromatic heterocycles. The summed E-state index contributed by atoms with van der Waals surface area (Å²) in [4.78, 5) is 4.58. The van der Waals surface area contributed by atoms with Crippen molar-refractivity contribution in [1.82, 2.24) is 9.55 Å². The number of hydrogen-bond acceptors (Lipinski definition) is 1. The predicted octanol–water partition coefficient (Wildman–Crippen LogP) is 4.76. The topological polar surface area (TPSA) is 17.8 Å². The lowest BCUT2D eigenvalue weighted by Crippen LogP contribution is -2.05. The lowest BCUT2D eigenvalue weighted by molar-refractivity contribution is 0.625. The number of alkyl halides is 1. The minimum atomic E-state index is -0.206. The third-order valence-electron chi connectivity index (χ3n) is 3.45. The molecule has 0 N–H and O–H groups in total. The van der Waals surface area contributed by atoms with Crippen molar-refractivity contribution >= 4 is 45.2 Å². The molecule has 21 heavy (non-hydrogen) atoms. The second kappa shape index (κ2) is 6.32. The molecule has 0 unspecified atom stereocenters. The van der Waals surface area contributed by atoms with Crippen LogP contribution >= 0.6 is 34.2 Å². The highest BCUT2D eigenvalue weighted by Crippen LogP contribution is 2.21. The normalized spacial score (nSPS) is 11.2. The lowest BCUT2D eigenvalue weighted by atomic mass is 10.1. The third kappa shape index (κ3) is 3.21. The fourth-order valence-corrected chi connectivity index (χ4v) is 3.08. The van der Waals surface area contributed by atoms with Crippen molar-refractivity contribution in [3.05, 3.63) is 63.2 Å². The van der Waals surface area contributed by atoms with E-state index in [9.17, 15) is 4.39 Å². The molecule has 0 spiro atoms. The number of nitrogens with zero attached hydrogens (tertiary/aromatic N) is 2. The van der Waals surface area contributed by atoms with Gasteiger partial charge in [-0.3, -0.25) is 0 Å². The van der Waals surface area contributed by atoms with Crippen LogP contribution in [0.3, 0.4) is 0 Å². The molecule has 3 aromatic rings. The average molecular weight is 415 g/mol. The van der Waals surface area contributed by atoms with Crippen LogP contribution in [0.15, 0.2) is 42.5 Å². The van der Waals surface area contributed by atoms with Gasteiger partial charge in [0.05, 0.1) is 16.9 Å². The summed E-state index contributed by atoms with van der Waals surface area (Å²) in [6, 6.07) is 12.8. The number of aryl methyl sites for hydroxylation is 2. The van der Waals surface area contributed by atoms with E-state index in [4.69, 9.17) is 11.6 Å². The summed E-state index contributed by atoms with van der Waals surface area (Å²) in [7, 11) is 0. The van der Waals surface area contributed by atoms with Crippen molar-refractivity contribution in [2.24, 2.45) is 0 Å². The van der Waals surface area contributed by atoms with Crippen molar-refractivity contribution in [3.8, 4) is 0 Å². The van der Waals surface area contributed by atoms with Crippen molar-refractivity contribution < 1.29 is 4.39 Å². The molecule has 0 bridgehead atoms. The van der Waals surface area contributed by atoms with Crippen LogP contribution in [0.2, 0.25) is 0 Å². The Morgan fingerprint density at radius 3 is 2.62 bits per heavy atom. The molecule has 0 amide bonds. The van der Waals surface area contributed by atoms with Gasteiger partial charge in [0.25, 0.3) is 0 Å². The molecule has 108 valence electrons. The number of aromatic nitrogens is 2.